The van der Waals surface area contributed by atoms with Gasteiger partial charge in [0, 0.05) is 5.57 Å². The Kier molecular flexibility index (Phi) is 2.85. The Morgan fingerprint density at radius 2 is 2.15 bits per heavy atom. The third-order valence-electron chi connectivity index (χ3n) is 1.84. The van der Waals surface area contributed by atoms with Crippen LogP contribution < -0.4 is 4.74 Å². The lowest BCUT2D eigenvalue weighted by Gasteiger charge is -2.04. The Labute approximate surface area is 77.8 Å². The zero-order valence-electron chi connectivity index (χ0n) is 7.83. The summed E-state index contributed by atoms with van der Waals surface area (Å²) >= 11 is 0. The summed E-state index contributed by atoms with van der Waals surface area (Å²) in [5.41, 5.74) is 1.32. The number of methoxy groups -OCH3 is 1. The van der Waals surface area contributed by atoms with Crippen LogP contribution in [0.3, 0.4) is 0 Å². The number of benzene rings is 1. The molecule has 0 saturated heterocycles. The fourth-order valence-corrected chi connectivity index (χ4v) is 1.01. The number of carbonyl (C=O) groups is 1. The van der Waals surface area contributed by atoms with Crippen molar-refractivity contribution < 1.29 is 9.53 Å². The molecule has 0 aliphatic rings. The maximum absolute atomic E-state index is 11.0. The fourth-order valence-electron chi connectivity index (χ4n) is 1.01. The Hall–Kier alpha value is -1.57. The summed E-state index contributed by atoms with van der Waals surface area (Å²) in [4.78, 5) is 11.0. The van der Waals surface area contributed by atoms with Gasteiger partial charge in [0.1, 0.15) is 5.75 Å². The predicted octanol–water partition coefficient (Wildman–Crippen LogP) is 2.30. The fraction of sp³-hybridized carbons (Fsp3) is 0.182. The van der Waals surface area contributed by atoms with E-state index in [-0.39, 0.29) is 5.78 Å². The molecular weight excluding hydrogens is 164 g/mol. The van der Waals surface area contributed by atoms with E-state index in [4.69, 9.17) is 4.74 Å². The highest BCUT2D eigenvalue weighted by Gasteiger charge is 2.04. The molecule has 0 atom stereocenters. The molecule has 0 aromatic heterocycles. The first kappa shape index (κ1) is 9.52. The van der Waals surface area contributed by atoms with Crippen LogP contribution in [0.4, 0.5) is 0 Å². The molecular formula is C11H12O2. The summed E-state index contributed by atoms with van der Waals surface area (Å²) < 4.78 is 5.03. The van der Waals surface area contributed by atoms with E-state index < -0.39 is 0 Å². The number of carbonyl (C=O) groups excluding carboxylic acids is 1. The van der Waals surface area contributed by atoms with E-state index in [9.17, 15) is 4.79 Å². The quantitative estimate of drug-likeness (QED) is 0.660. The van der Waals surface area contributed by atoms with Gasteiger partial charge in [-0.2, -0.15) is 0 Å². The number of hydrogen-bond acceptors (Lipinski definition) is 2. The van der Waals surface area contributed by atoms with Gasteiger partial charge in [-0.1, -0.05) is 18.7 Å². The number of hydrogen-bond donors (Lipinski definition) is 0. The Bertz CT molecular complexity index is 340. The maximum atomic E-state index is 11.0. The van der Waals surface area contributed by atoms with Crippen LogP contribution in [-0.2, 0) is 4.79 Å². The molecule has 2 heteroatoms. The van der Waals surface area contributed by atoms with Gasteiger partial charge in [0.05, 0.1) is 7.11 Å². The summed E-state index contributed by atoms with van der Waals surface area (Å²) in [5, 5.41) is 0. The molecule has 0 unspecified atom stereocenters. The van der Waals surface area contributed by atoms with Crippen molar-refractivity contribution in [1.82, 2.24) is 0 Å². The van der Waals surface area contributed by atoms with Gasteiger partial charge in [0.2, 0.25) is 0 Å². The standard InChI is InChI=1S/C11H12O2/c1-8(9(2)12)10-5-4-6-11(7-10)13-3/h4-7H,1H2,2-3H3. The SMILES string of the molecule is C=C(C(C)=O)c1cccc(OC)c1. The Morgan fingerprint density at radius 3 is 2.69 bits per heavy atom. The van der Waals surface area contributed by atoms with Crippen LogP contribution in [0, 0.1) is 0 Å². The van der Waals surface area contributed by atoms with Crippen molar-refractivity contribution in [3.8, 4) is 5.75 Å². The van der Waals surface area contributed by atoms with Crippen molar-refractivity contribution in [2.75, 3.05) is 7.11 Å². The molecule has 0 aliphatic carbocycles. The number of ether oxygens (including phenoxy) is 1. The van der Waals surface area contributed by atoms with Gasteiger partial charge < -0.3 is 4.74 Å². The zero-order chi connectivity index (χ0) is 9.84. The second kappa shape index (κ2) is 3.90. The van der Waals surface area contributed by atoms with Crippen molar-refractivity contribution in [3.63, 3.8) is 0 Å². The molecule has 1 aromatic carbocycles. The Morgan fingerprint density at radius 1 is 1.46 bits per heavy atom. The van der Waals surface area contributed by atoms with Gasteiger partial charge in [-0.25, -0.2) is 0 Å². The van der Waals surface area contributed by atoms with Crippen molar-refractivity contribution in [3.05, 3.63) is 36.4 Å². The number of rotatable bonds is 3. The van der Waals surface area contributed by atoms with Crippen molar-refractivity contribution in [2.45, 2.75) is 6.92 Å². The lowest BCUT2D eigenvalue weighted by Crippen LogP contribution is -1.94. The first-order valence-electron chi connectivity index (χ1n) is 3.99. The third kappa shape index (κ3) is 2.18. The van der Waals surface area contributed by atoms with Gasteiger partial charge >= 0.3 is 0 Å². The number of allylic oxidation sites excluding steroid dienone is 1. The second-order valence-electron chi connectivity index (χ2n) is 2.77. The Balaban J connectivity index is 3.02. The van der Waals surface area contributed by atoms with Crippen LogP contribution in [0.15, 0.2) is 30.8 Å². The van der Waals surface area contributed by atoms with Gasteiger partial charge in [0.25, 0.3) is 0 Å². The lowest BCUT2D eigenvalue weighted by molar-refractivity contribution is -0.111. The van der Waals surface area contributed by atoms with Gasteiger partial charge in [0.15, 0.2) is 5.78 Å². The summed E-state index contributed by atoms with van der Waals surface area (Å²) in [6.07, 6.45) is 0. The van der Waals surface area contributed by atoms with E-state index >= 15 is 0 Å². The topological polar surface area (TPSA) is 26.3 Å². The summed E-state index contributed by atoms with van der Waals surface area (Å²) in [5.74, 6) is 0.716. The van der Waals surface area contributed by atoms with Crippen LogP contribution in [0.25, 0.3) is 5.57 Å². The molecule has 68 valence electrons. The lowest BCUT2D eigenvalue weighted by atomic mass is 10.0. The van der Waals surface area contributed by atoms with Gasteiger partial charge in [-0.3, -0.25) is 4.79 Å². The maximum Gasteiger partial charge on any atom is 0.159 e. The van der Waals surface area contributed by atoms with E-state index in [2.05, 4.69) is 6.58 Å². The minimum absolute atomic E-state index is 0.0201. The van der Waals surface area contributed by atoms with Crippen LogP contribution in [0.5, 0.6) is 5.75 Å². The second-order valence-corrected chi connectivity index (χ2v) is 2.77. The molecule has 0 fully saturated rings. The van der Waals surface area contributed by atoms with Crippen LogP contribution >= 0.6 is 0 Å². The van der Waals surface area contributed by atoms with Crippen LogP contribution in [0.2, 0.25) is 0 Å². The van der Waals surface area contributed by atoms with Crippen molar-refractivity contribution in [2.24, 2.45) is 0 Å². The molecule has 0 bridgehead atoms. The molecule has 1 rings (SSSR count). The first-order chi connectivity index (χ1) is 6.15. The molecule has 0 spiro atoms. The van der Waals surface area contributed by atoms with E-state index in [0.29, 0.717) is 5.57 Å². The van der Waals surface area contributed by atoms with Gasteiger partial charge in [-0.05, 0) is 24.6 Å². The minimum atomic E-state index is -0.0201. The number of ketones is 1. The van der Waals surface area contributed by atoms with E-state index in [0.717, 1.165) is 11.3 Å². The zero-order valence-corrected chi connectivity index (χ0v) is 7.83. The minimum Gasteiger partial charge on any atom is -0.497 e. The largest absolute Gasteiger partial charge is 0.497 e. The van der Waals surface area contributed by atoms with Crippen molar-refractivity contribution in [1.29, 1.82) is 0 Å². The van der Waals surface area contributed by atoms with Gasteiger partial charge in [-0.15, -0.1) is 0 Å². The number of Topliss-reactive ketones (excluding diaryl/α,β-unsaturated/α-hetero) is 1. The average molecular weight is 176 g/mol. The summed E-state index contributed by atoms with van der Waals surface area (Å²) in [6, 6.07) is 7.30. The predicted molar refractivity (Wildman–Crippen MR) is 52.7 cm³/mol. The summed E-state index contributed by atoms with van der Waals surface area (Å²) in [7, 11) is 1.59. The molecule has 0 amide bonds. The molecule has 1 aromatic rings. The van der Waals surface area contributed by atoms with Crippen molar-refractivity contribution >= 4 is 11.4 Å². The van der Waals surface area contributed by atoms with E-state index in [1.165, 1.54) is 6.92 Å². The molecule has 0 aliphatic heterocycles. The molecule has 0 saturated carbocycles. The smallest absolute Gasteiger partial charge is 0.159 e. The molecule has 0 heterocycles. The van der Waals surface area contributed by atoms with Crippen LogP contribution in [0.1, 0.15) is 12.5 Å². The van der Waals surface area contributed by atoms with Crippen LogP contribution in [-0.4, -0.2) is 12.9 Å². The average Bonchev–Trinajstić information content (AvgIpc) is 2.16. The molecule has 0 radical (unpaired) electrons. The third-order valence-corrected chi connectivity index (χ3v) is 1.84. The highest BCUT2D eigenvalue weighted by atomic mass is 16.5. The van der Waals surface area contributed by atoms with E-state index in [1.54, 1.807) is 13.2 Å². The highest BCUT2D eigenvalue weighted by molar-refractivity contribution is 6.18. The monoisotopic (exact) mass is 176 g/mol. The first-order valence-corrected chi connectivity index (χ1v) is 3.99. The molecule has 2 nitrogen and oxygen atoms in total. The molecule has 0 N–H and O–H groups in total. The summed E-state index contributed by atoms with van der Waals surface area (Å²) in [6.45, 7) is 5.20. The molecule has 13 heavy (non-hydrogen) atoms. The van der Waals surface area contributed by atoms with E-state index in [1.807, 2.05) is 18.2 Å². The highest BCUT2D eigenvalue weighted by Crippen LogP contribution is 2.18. The normalized spacial score (nSPS) is 9.38.